The van der Waals surface area contributed by atoms with Gasteiger partial charge in [0.2, 0.25) is 0 Å². The number of aromatic nitrogens is 1. The summed E-state index contributed by atoms with van der Waals surface area (Å²) < 4.78 is 0. The van der Waals surface area contributed by atoms with Gasteiger partial charge in [0.15, 0.2) is 5.96 Å². The van der Waals surface area contributed by atoms with E-state index in [2.05, 4.69) is 27.5 Å². The van der Waals surface area contributed by atoms with Gasteiger partial charge in [-0.2, -0.15) is 0 Å². The molecular weight excluding hydrogens is 473 g/mol. The van der Waals surface area contributed by atoms with Crippen LogP contribution in [0.2, 0.25) is 0 Å². The Balaban J connectivity index is 0.00000364. The maximum absolute atomic E-state index is 11.9. The summed E-state index contributed by atoms with van der Waals surface area (Å²) in [6.45, 7) is 3.57. The molecule has 0 bridgehead atoms. The average molecular weight is 501 g/mol. The number of aliphatic imine (C=N–C) groups is 1. The van der Waals surface area contributed by atoms with Crippen molar-refractivity contribution in [2.24, 2.45) is 4.99 Å². The minimum Gasteiger partial charge on any atom is -0.356 e. The summed E-state index contributed by atoms with van der Waals surface area (Å²) in [5, 5.41) is 7.74. The molecule has 0 aliphatic heterocycles. The first-order valence-corrected chi connectivity index (χ1v) is 9.53. The third-order valence-electron chi connectivity index (χ3n) is 3.87. The maximum Gasteiger partial charge on any atom is 0.253 e. The lowest BCUT2D eigenvalue weighted by atomic mass is 10.1. The number of aryl methyl sites for hydroxylation is 1. The fourth-order valence-electron chi connectivity index (χ4n) is 2.34. The minimum absolute atomic E-state index is 0. The van der Waals surface area contributed by atoms with Gasteiger partial charge in [0.25, 0.3) is 5.91 Å². The van der Waals surface area contributed by atoms with E-state index >= 15 is 0 Å². The Morgan fingerprint density at radius 1 is 1.22 bits per heavy atom. The number of nitrogens with one attached hydrogen (secondary N) is 2. The molecule has 0 aliphatic rings. The fraction of sp³-hybridized carbons (Fsp3) is 0.421. The van der Waals surface area contributed by atoms with Gasteiger partial charge in [-0.25, -0.2) is 4.98 Å². The van der Waals surface area contributed by atoms with Crippen molar-refractivity contribution in [2.75, 3.05) is 27.7 Å². The molecule has 8 heteroatoms. The largest absolute Gasteiger partial charge is 0.356 e. The molecular formula is C19H28IN5OS. The lowest BCUT2D eigenvalue weighted by Gasteiger charge is -2.13. The first-order valence-electron chi connectivity index (χ1n) is 8.72. The standard InChI is InChI=1S/C19H27N5OS.HI/c1-5-16-13-22-17(26-16)10-11-21-19(20-2)23-12-14-6-8-15(9-7-14)18(25)24(3)4;/h6-9,13H,5,10-12H2,1-4H3,(H2,20,21,23);1H. The molecule has 2 aromatic rings. The number of halogens is 1. The van der Waals surface area contributed by atoms with Crippen LogP contribution in [0.25, 0.3) is 0 Å². The van der Waals surface area contributed by atoms with E-state index in [0.717, 1.165) is 35.9 Å². The molecule has 1 amide bonds. The molecule has 0 aliphatic carbocycles. The van der Waals surface area contributed by atoms with Crippen LogP contribution in [-0.2, 0) is 19.4 Å². The lowest BCUT2D eigenvalue weighted by molar-refractivity contribution is 0.0827. The number of nitrogens with zero attached hydrogens (tertiary/aromatic N) is 3. The highest BCUT2D eigenvalue weighted by atomic mass is 127. The Morgan fingerprint density at radius 2 is 1.93 bits per heavy atom. The molecule has 0 fully saturated rings. The highest BCUT2D eigenvalue weighted by Gasteiger charge is 2.07. The van der Waals surface area contributed by atoms with Crippen molar-refractivity contribution in [3.63, 3.8) is 0 Å². The number of benzene rings is 1. The topological polar surface area (TPSA) is 69.6 Å². The summed E-state index contributed by atoms with van der Waals surface area (Å²) in [7, 11) is 5.26. The predicted molar refractivity (Wildman–Crippen MR) is 123 cm³/mol. The zero-order chi connectivity index (χ0) is 18.9. The van der Waals surface area contributed by atoms with Gasteiger partial charge in [-0.15, -0.1) is 35.3 Å². The van der Waals surface area contributed by atoms with E-state index in [0.29, 0.717) is 12.1 Å². The van der Waals surface area contributed by atoms with E-state index in [4.69, 9.17) is 0 Å². The molecule has 0 unspecified atom stereocenters. The molecule has 148 valence electrons. The van der Waals surface area contributed by atoms with Crippen LogP contribution in [0.1, 0.15) is 32.7 Å². The molecule has 0 saturated heterocycles. The van der Waals surface area contributed by atoms with E-state index in [9.17, 15) is 4.79 Å². The second-order valence-corrected chi connectivity index (χ2v) is 7.27. The molecule has 6 nitrogen and oxygen atoms in total. The summed E-state index contributed by atoms with van der Waals surface area (Å²) in [5.41, 5.74) is 1.78. The van der Waals surface area contributed by atoms with Gasteiger partial charge in [-0.3, -0.25) is 9.79 Å². The Kier molecular flexibility index (Phi) is 10.3. The van der Waals surface area contributed by atoms with Crippen LogP contribution >= 0.6 is 35.3 Å². The number of guanidine groups is 1. The Hall–Kier alpha value is -1.68. The molecule has 27 heavy (non-hydrogen) atoms. The molecule has 0 atom stereocenters. The van der Waals surface area contributed by atoms with Gasteiger partial charge in [-0.1, -0.05) is 19.1 Å². The van der Waals surface area contributed by atoms with E-state index in [1.807, 2.05) is 30.5 Å². The van der Waals surface area contributed by atoms with Crippen molar-refractivity contribution < 1.29 is 4.79 Å². The van der Waals surface area contributed by atoms with Crippen molar-refractivity contribution in [3.05, 3.63) is 51.5 Å². The summed E-state index contributed by atoms with van der Waals surface area (Å²) in [5.74, 6) is 0.765. The number of rotatable bonds is 7. The van der Waals surface area contributed by atoms with E-state index in [1.54, 1.807) is 37.4 Å². The van der Waals surface area contributed by atoms with Gasteiger partial charge in [0, 0.05) is 57.3 Å². The molecule has 2 N–H and O–H groups in total. The normalized spacial score (nSPS) is 10.9. The number of hydrogen-bond donors (Lipinski definition) is 2. The third-order valence-corrected chi connectivity index (χ3v) is 5.07. The SMILES string of the molecule is CCc1cnc(CCNC(=NC)NCc2ccc(C(=O)N(C)C)cc2)s1.I. The molecule has 1 aromatic carbocycles. The van der Waals surface area contributed by atoms with Gasteiger partial charge in [-0.05, 0) is 24.1 Å². The molecule has 2 rings (SSSR count). The highest BCUT2D eigenvalue weighted by Crippen LogP contribution is 2.13. The van der Waals surface area contributed by atoms with Crippen molar-refractivity contribution in [3.8, 4) is 0 Å². The highest BCUT2D eigenvalue weighted by molar-refractivity contribution is 14.0. The molecule has 0 radical (unpaired) electrons. The van der Waals surface area contributed by atoms with Crippen LogP contribution in [0, 0.1) is 0 Å². The second-order valence-electron chi connectivity index (χ2n) is 6.07. The monoisotopic (exact) mass is 501 g/mol. The summed E-state index contributed by atoms with van der Waals surface area (Å²) in [6, 6.07) is 7.62. The van der Waals surface area contributed by atoms with Crippen LogP contribution in [0.15, 0.2) is 35.5 Å². The quantitative estimate of drug-likeness (QED) is 0.348. The van der Waals surface area contributed by atoms with Gasteiger partial charge in [0.1, 0.15) is 0 Å². The summed E-state index contributed by atoms with van der Waals surface area (Å²) in [6.07, 6.45) is 3.87. The number of carbonyl (C=O) groups excluding carboxylic acids is 1. The first kappa shape index (κ1) is 23.4. The van der Waals surface area contributed by atoms with E-state index < -0.39 is 0 Å². The molecule has 0 spiro atoms. The average Bonchev–Trinajstić information content (AvgIpc) is 3.12. The van der Waals surface area contributed by atoms with Crippen LogP contribution in [0.5, 0.6) is 0 Å². The molecule has 1 aromatic heterocycles. The van der Waals surface area contributed by atoms with Gasteiger partial charge >= 0.3 is 0 Å². The van der Waals surface area contributed by atoms with Crippen LogP contribution in [0.3, 0.4) is 0 Å². The fourth-order valence-corrected chi connectivity index (χ4v) is 3.21. The maximum atomic E-state index is 11.9. The van der Waals surface area contributed by atoms with Crippen LogP contribution in [-0.4, -0.2) is 49.4 Å². The molecule has 0 saturated carbocycles. The smallest absolute Gasteiger partial charge is 0.253 e. The summed E-state index contributed by atoms with van der Waals surface area (Å²) in [4.78, 5) is 23.5. The Labute approximate surface area is 182 Å². The van der Waals surface area contributed by atoms with Crippen LogP contribution in [0.4, 0.5) is 0 Å². The Morgan fingerprint density at radius 3 is 2.48 bits per heavy atom. The van der Waals surface area contributed by atoms with Crippen molar-refractivity contribution in [1.82, 2.24) is 20.5 Å². The number of amides is 1. The zero-order valence-electron chi connectivity index (χ0n) is 16.3. The van der Waals surface area contributed by atoms with Gasteiger partial charge in [0.05, 0.1) is 5.01 Å². The zero-order valence-corrected chi connectivity index (χ0v) is 19.4. The van der Waals surface area contributed by atoms with Gasteiger partial charge < -0.3 is 15.5 Å². The second kappa shape index (κ2) is 11.9. The number of thiazole rings is 1. The lowest BCUT2D eigenvalue weighted by Crippen LogP contribution is -2.37. The van der Waals surface area contributed by atoms with Crippen molar-refractivity contribution in [2.45, 2.75) is 26.3 Å². The van der Waals surface area contributed by atoms with Crippen molar-refractivity contribution >= 4 is 47.2 Å². The predicted octanol–water partition coefficient (Wildman–Crippen LogP) is 2.93. The third kappa shape index (κ3) is 7.45. The van der Waals surface area contributed by atoms with Crippen molar-refractivity contribution in [1.29, 1.82) is 0 Å². The number of hydrogen-bond acceptors (Lipinski definition) is 4. The Bertz CT molecular complexity index is 743. The van der Waals surface area contributed by atoms with Crippen LogP contribution < -0.4 is 10.6 Å². The van der Waals surface area contributed by atoms with E-state index in [-0.39, 0.29) is 29.9 Å². The minimum atomic E-state index is 0. The van der Waals surface area contributed by atoms with E-state index in [1.165, 1.54) is 4.88 Å². The first-order chi connectivity index (χ1) is 12.5. The molecule has 1 heterocycles. The summed E-state index contributed by atoms with van der Waals surface area (Å²) >= 11 is 1.77. The number of carbonyl (C=O) groups is 1.